The molecule has 24 heavy (non-hydrogen) atoms. The lowest BCUT2D eigenvalue weighted by molar-refractivity contribution is 0.0759. The second kappa shape index (κ2) is 6.22. The minimum atomic E-state index is -0.135. The van der Waals surface area contributed by atoms with Crippen molar-refractivity contribution in [3.63, 3.8) is 0 Å². The Bertz CT molecular complexity index is 768. The number of fused-ring (bicyclic) bond motifs is 1. The maximum absolute atomic E-state index is 12.6. The van der Waals surface area contributed by atoms with Crippen molar-refractivity contribution in [2.24, 2.45) is 5.92 Å². The number of carbonyl (C=O) groups excluding carboxylic acids is 1. The molecule has 7 nitrogen and oxygen atoms in total. The van der Waals surface area contributed by atoms with E-state index in [1.54, 1.807) is 18.0 Å². The van der Waals surface area contributed by atoms with Gasteiger partial charge in [-0.25, -0.2) is 4.98 Å². The summed E-state index contributed by atoms with van der Waals surface area (Å²) in [5.41, 5.74) is 1.06. The number of hydrogen-bond acceptors (Lipinski definition) is 6. The number of amides is 1. The molecule has 2 fully saturated rings. The minimum Gasteiger partial charge on any atom is -0.445 e. The van der Waals surface area contributed by atoms with Crippen molar-refractivity contribution in [3.8, 4) is 0 Å². The summed E-state index contributed by atoms with van der Waals surface area (Å²) in [7, 11) is 1.80. The summed E-state index contributed by atoms with van der Waals surface area (Å²) in [4.78, 5) is 24.8. The highest BCUT2D eigenvalue weighted by Gasteiger charge is 2.28. The number of hydrogen-bond donors (Lipinski definition) is 0. The number of furan rings is 1. The Hall–Kier alpha value is -1.86. The third-order valence-electron chi connectivity index (χ3n) is 4.42. The van der Waals surface area contributed by atoms with Crippen LogP contribution >= 0.6 is 11.6 Å². The van der Waals surface area contributed by atoms with E-state index in [1.165, 1.54) is 12.8 Å². The Morgan fingerprint density at radius 2 is 2.12 bits per heavy atom. The molecule has 1 aliphatic carbocycles. The Morgan fingerprint density at radius 3 is 2.83 bits per heavy atom. The van der Waals surface area contributed by atoms with E-state index in [9.17, 15) is 4.79 Å². The molecule has 0 N–H and O–H groups in total. The molecular weight excluding hydrogens is 332 g/mol. The molecule has 0 spiro atoms. The van der Waals surface area contributed by atoms with Crippen LogP contribution in [0.4, 0.5) is 5.82 Å². The number of rotatable bonds is 4. The van der Waals surface area contributed by atoms with Gasteiger partial charge in [0.2, 0.25) is 5.28 Å². The average Bonchev–Trinajstić information content (AvgIpc) is 3.30. The molecule has 1 saturated heterocycles. The molecule has 0 aromatic carbocycles. The van der Waals surface area contributed by atoms with Crippen LogP contribution in [0.15, 0.2) is 10.5 Å². The van der Waals surface area contributed by atoms with Crippen molar-refractivity contribution < 1.29 is 13.9 Å². The highest BCUT2D eigenvalue weighted by atomic mass is 35.5. The van der Waals surface area contributed by atoms with E-state index >= 15 is 0 Å². The van der Waals surface area contributed by atoms with Crippen molar-refractivity contribution in [2.45, 2.75) is 12.8 Å². The normalized spacial score (nSPS) is 18.2. The van der Waals surface area contributed by atoms with Gasteiger partial charge in [0.25, 0.3) is 5.91 Å². The zero-order valence-electron chi connectivity index (χ0n) is 13.5. The maximum Gasteiger partial charge on any atom is 0.289 e. The molecule has 0 bridgehead atoms. The fraction of sp³-hybridized carbons (Fsp3) is 0.562. The molecule has 0 atom stereocenters. The van der Waals surface area contributed by atoms with E-state index in [1.807, 2.05) is 4.90 Å². The van der Waals surface area contributed by atoms with Gasteiger partial charge >= 0.3 is 0 Å². The molecule has 0 radical (unpaired) electrons. The van der Waals surface area contributed by atoms with Crippen LogP contribution in [-0.2, 0) is 4.74 Å². The smallest absolute Gasteiger partial charge is 0.289 e. The topological polar surface area (TPSA) is 71.7 Å². The third-order valence-corrected chi connectivity index (χ3v) is 4.59. The molecule has 1 saturated carbocycles. The quantitative estimate of drug-likeness (QED) is 0.787. The lowest BCUT2D eigenvalue weighted by Gasteiger charge is -2.27. The van der Waals surface area contributed by atoms with Crippen molar-refractivity contribution in [3.05, 3.63) is 17.1 Å². The summed E-state index contributed by atoms with van der Waals surface area (Å²) in [6.07, 6.45) is 2.39. The lowest BCUT2D eigenvalue weighted by atomic mass is 10.3. The van der Waals surface area contributed by atoms with Gasteiger partial charge in [0, 0.05) is 32.7 Å². The van der Waals surface area contributed by atoms with Crippen LogP contribution in [0.5, 0.6) is 0 Å². The fourth-order valence-corrected chi connectivity index (χ4v) is 3.11. The molecular formula is C16H19ClN4O3. The molecule has 8 heteroatoms. The summed E-state index contributed by atoms with van der Waals surface area (Å²) in [5, 5.41) is 0.148. The highest BCUT2D eigenvalue weighted by molar-refractivity contribution is 6.28. The zero-order valence-corrected chi connectivity index (χ0v) is 14.3. The Balaban J connectivity index is 1.67. The first kappa shape index (κ1) is 15.7. The van der Waals surface area contributed by atoms with Crippen LogP contribution in [0.2, 0.25) is 5.28 Å². The zero-order chi connectivity index (χ0) is 16.7. The first-order chi connectivity index (χ1) is 11.6. The van der Waals surface area contributed by atoms with Crippen molar-refractivity contribution in [1.29, 1.82) is 0 Å². The van der Waals surface area contributed by atoms with E-state index in [0.29, 0.717) is 49.1 Å². The largest absolute Gasteiger partial charge is 0.445 e. The number of aromatic nitrogens is 2. The standard InChI is InChI=1S/C16H19ClN4O3/c1-20(9-10-2-3-10)15(22)12-8-11-13(24-12)14(19-16(17)18-11)21-4-6-23-7-5-21/h8,10H,2-7,9H2,1H3. The number of carbonyl (C=O) groups is 1. The van der Waals surface area contributed by atoms with Crippen LogP contribution in [0.3, 0.4) is 0 Å². The molecule has 0 unspecified atom stereocenters. The second-order valence-corrected chi connectivity index (χ2v) is 6.71. The van der Waals surface area contributed by atoms with E-state index in [-0.39, 0.29) is 17.0 Å². The van der Waals surface area contributed by atoms with Gasteiger partial charge in [0.15, 0.2) is 17.2 Å². The highest BCUT2D eigenvalue weighted by Crippen LogP contribution is 2.31. The Morgan fingerprint density at radius 1 is 1.38 bits per heavy atom. The predicted octanol–water partition coefficient (Wildman–Crippen LogP) is 2.19. The van der Waals surface area contributed by atoms with Gasteiger partial charge in [-0.2, -0.15) is 4.98 Å². The van der Waals surface area contributed by atoms with Gasteiger partial charge < -0.3 is 19.0 Å². The number of nitrogens with zero attached hydrogens (tertiary/aromatic N) is 4. The predicted molar refractivity (Wildman–Crippen MR) is 89.5 cm³/mol. The fourth-order valence-electron chi connectivity index (χ4n) is 2.94. The monoisotopic (exact) mass is 350 g/mol. The summed E-state index contributed by atoms with van der Waals surface area (Å²) < 4.78 is 11.2. The maximum atomic E-state index is 12.6. The van der Waals surface area contributed by atoms with Crippen LogP contribution in [0, 0.1) is 5.92 Å². The van der Waals surface area contributed by atoms with Crippen molar-refractivity contribution in [2.75, 3.05) is 44.8 Å². The molecule has 2 aromatic rings. The van der Waals surface area contributed by atoms with Gasteiger partial charge in [0.05, 0.1) is 13.2 Å². The second-order valence-electron chi connectivity index (χ2n) is 6.37. The van der Waals surface area contributed by atoms with Gasteiger partial charge in [-0.1, -0.05) is 0 Å². The van der Waals surface area contributed by atoms with E-state index in [0.717, 1.165) is 6.54 Å². The van der Waals surface area contributed by atoms with Crippen LogP contribution in [0.25, 0.3) is 11.1 Å². The molecule has 4 rings (SSSR count). The van der Waals surface area contributed by atoms with E-state index < -0.39 is 0 Å². The minimum absolute atomic E-state index is 0.135. The number of ether oxygens (including phenoxy) is 1. The summed E-state index contributed by atoms with van der Waals surface area (Å²) in [5.74, 6) is 1.39. The SMILES string of the molecule is CN(CC1CC1)C(=O)c1cc2nc(Cl)nc(N3CCOCC3)c2o1. The molecule has 2 aliphatic rings. The van der Waals surface area contributed by atoms with E-state index in [2.05, 4.69) is 9.97 Å². The summed E-state index contributed by atoms with van der Waals surface area (Å²) in [6, 6.07) is 1.65. The number of morpholine rings is 1. The molecule has 1 aliphatic heterocycles. The molecule has 3 heterocycles. The van der Waals surface area contributed by atoms with Crippen LogP contribution < -0.4 is 4.90 Å². The van der Waals surface area contributed by atoms with Gasteiger partial charge in [-0.15, -0.1) is 0 Å². The van der Waals surface area contributed by atoms with Gasteiger partial charge in [-0.3, -0.25) is 4.79 Å². The number of halogens is 1. The summed E-state index contributed by atoms with van der Waals surface area (Å²) in [6.45, 7) is 3.42. The van der Waals surface area contributed by atoms with Gasteiger partial charge in [0.1, 0.15) is 5.52 Å². The average molecular weight is 351 g/mol. The van der Waals surface area contributed by atoms with Crippen molar-refractivity contribution in [1.82, 2.24) is 14.9 Å². The number of anilines is 1. The van der Waals surface area contributed by atoms with Crippen molar-refractivity contribution >= 4 is 34.4 Å². The Kier molecular flexibility index (Phi) is 4.05. The lowest BCUT2D eigenvalue weighted by Crippen LogP contribution is -2.36. The first-order valence-corrected chi connectivity index (χ1v) is 8.55. The van der Waals surface area contributed by atoms with E-state index in [4.69, 9.17) is 20.8 Å². The Labute approximate surface area is 144 Å². The van der Waals surface area contributed by atoms with Gasteiger partial charge in [-0.05, 0) is 30.4 Å². The molecule has 1 amide bonds. The van der Waals surface area contributed by atoms with Crippen LogP contribution in [0.1, 0.15) is 23.4 Å². The summed E-state index contributed by atoms with van der Waals surface area (Å²) >= 11 is 6.05. The molecule has 128 valence electrons. The molecule has 2 aromatic heterocycles. The third kappa shape index (κ3) is 3.06. The first-order valence-electron chi connectivity index (χ1n) is 8.17. The van der Waals surface area contributed by atoms with Crippen LogP contribution in [-0.4, -0.2) is 60.7 Å².